The molecule has 0 aliphatic heterocycles. The molecule has 0 spiro atoms. The van der Waals surface area contributed by atoms with Gasteiger partial charge in [0.05, 0.1) is 13.7 Å². The maximum Gasteiger partial charge on any atom is 0.237 e. The zero-order chi connectivity index (χ0) is 15.8. The molecule has 1 amide bonds. The van der Waals surface area contributed by atoms with Crippen molar-refractivity contribution >= 4 is 5.91 Å². The lowest BCUT2D eigenvalue weighted by Crippen LogP contribution is -2.39. The minimum atomic E-state index is 0.123. The van der Waals surface area contributed by atoms with Gasteiger partial charge in [-0.25, -0.2) is 0 Å². The molecule has 4 nitrogen and oxygen atoms in total. The van der Waals surface area contributed by atoms with Gasteiger partial charge in [0, 0.05) is 25.2 Å². The first-order valence-corrected chi connectivity index (χ1v) is 7.20. The number of rotatable bonds is 8. The van der Waals surface area contributed by atoms with E-state index in [2.05, 4.69) is 6.58 Å². The second-order valence-electron chi connectivity index (χ2n) is 5.35. The lowest BCUT2D eigenvalue weighted by molar-refractivity contribution is -0.131. The Bertz CT molecular complexity index is 485. The minimum Gasteiger partial charge on any atom is -0.496 e. The van der Waals surface area contributed by atoms with Crippen LogP contribution in [-0.2, 0) is 11.3 Å². The molecule has 0 fully saturated rings. The van der Waals surface area contributed by atoms with Gasteiger partial charge in [-0.05, 0) is 27.0 Å². The summed E-state index contributed by atoms with van der Waals surface area (Å²) in [4.78, 5) is 16.1. The maximum atomic E-state index is 12.3. The zero-order valence-electron chi connectivity index (χ0n) is 13.6. The molecule has 0 saturated carbocycles. The molecular formula is C17H26N2O2. The molecule has 4 heteroatoms. The number of benzene rings is 1. The van der Waals surface area contributed by atoms with E-state index in [0.29, 0.717) is 26.2 Å². The van der Waals surface area contributed by atoms with Gasteiger partial charge in [-0.3, -0.25) is 9.69 Å². The molecule has 0 atom stereocenters. The molecule has 0 N–H and O–H groups in total. The molecule has 0 aliphatic carbocycles. The first kappa shape index (κ1) is 17.2. The van der Waals surface area contributed by atoms with Crippen LogP contribution < -0.4 is 4.74 Å². The lowest BCUT2D eigenvalue weighted by atomic mass is 10.2. The van der Waals surface area contributed by atoms with E-state index >= 15 is 0 Å². The molecule has 0 aliphatic rings. The van der Waals surface area contributed by atoms with E-state index < -0.39 is 0 Å². The van der Waals surface area contributed by atoms with Crippen molar-refractivity contribution in [2.75, 3.05) is 33.8 Å². The summed E-state index contributed by atoms with van der Waals surface area (Å²) in [5, 5.41) is 0. The molecule has 0 heterocycles. The van der Waals surface area contributed by atoms with Crippen LogP contribution in [0.4, 0.5) is 0 Å². The largest absolute Gasteiger partial charge is 0.496 e. The van der Waals surface area contributed by atoms with Crippen molar-refractivity contribution in [3.63, 3.8) is 0 Å². The van der Waals surface area contributed by atoms with Crippen LogP contribution in [0, 0.1) is 0 Å². The fraction of sp³-hybridized carbons (Fsp3) is 0.471. The van der Waals surface area contributed by atoms with Gasteiger partial charge in [0.15, 0.2) is 0 Å². The molecule has 0 radical (unpaired) electrons. The van der Waals surface area contributed by atoms with E-state index in [9.17, 15) is 4.79 Å². The topological polar surface area (TPSA) is 32.8 Å². The van der Waals surface area contributed by atoms with Crippen LogP contribution in [0.25, 0.3) is 0 Å². The summed E-state index contributed by atoms with van der Waals surface area (Å²) in [6.07, 6.45) is 0. The van der Waals surface area contributed by atoms with E-state index in [4.69, 9.17) is 4.74 Å². The van der Waals surface area contributed by atoms with E-state index in [1.807, 2.05) is 55.0 Å². The third kappa shape index (κ3) is 5.60. The fourth-order valence-corrected chi connectivity index (χ4v) is 2.21. The molecule has 1 rings (SSSR count). The van der Waals surface area contributed by atoms with E-state index in [-0.39, 0.29) is 5.91 Å². The van der Waals surface area contributed by atoms with E-state index in [1.54, 1.807) is 7.11 Å². The number of carbonyl (C=O) groups is 1. The Hall–Kier alpha value is -1.81. The summed E-state index contributed by atoms with van der Waals surface area (Å²) < 4.78 is 5.34. The Balaban J connectivity index is 2.61. The van der Waals surface area contributed by atoms with Crippen LogP contribution >= 0.6 is 0 Å². The Morgan fingerprint density at radius 2 is 1.95 bits per heavy atom. The maximum absolute atomic E-state index is 12.3. The molecule has 0 unspecified atom stereocenters. The van der Waals surface area contributed by atoms with Crippen LogP contribution in [0.2, 0.25) is 0 Å². The molecule has 0 bridgehead atoms. The highest BCUT2D eigenvalue weighted by atomic mass is 16.5. The Labute approximate surface area is 128 Å². The highest BCUT2D eigenvalue weighted by molar-refractivity contribution is 5.78. The SMILES string of the molecule is C=C(C)CN(CC)C(=O)CN(C)Cc1ccccc1OC. The summed E-state index contributed by atoms with van der Waals surface area (Å²) in [5.74, 6) is 0.976. The molecule has 0 saturated heterocycles. The van der Waals surface area contributed by atoms with Crippen molar-refractivity contribution in [1.29, 1.82) is 0 Å². The number of carbonyl (C=O) groups excluding carboxylic acids is 1. The Kier molecular flexibility index (Phi) is 6.96. The number of hydrogen-bond acceptors (Lipinski definition) is 3. The van der Waals surface area contributed by atoms with Crippen LogP contribution in [0.15, 0.2) is 36.4 Å². The van der Waals surface area contributed by atoms with Crippen molar-refractivity contribution < 1.29 is 9.53 Å². The highest BCUT2D eigenvalue weighted by Gasteiger charge is 2.15. The van der Waals surface area contributed by atoms with Gasteiger partial charge in [0.25, 0.3) is 0 Å². The highest BCUT2D eigenvalue weighted by Crippen LogP contribution is 2.18. The summed E-state index contributed by atoms with van der Waals surface area (Å²) in [6, 6.07) is 7.88. The van der Waals surface area contributed by atoms with Crippen molar-refractivity contribution in [3.05, 3.63) is 42.0 Å². The number of amides is 1. The average Bonchev–Trinajstić information content (AvgIpc) is 2.44. The second-order valence-corrected chi connectivity index (χ2v) is 5.35. The zero-order valence-corrected chi connectivity index (χ0v) is 13.6. The Morgan fingerprint density at radius 1 is 1.29 bits per heavy atom. The summed E-state index contributed by atoms with van der Waals surface area (Å²) in [6.45, 7) is 10.2. The monoisotopic (exact) mass is 290 g/mol. The van der Waals surface area contributed by atoms with Crippen LogP contribution in [0.3, 0.4) is 0 Å². The first-order valence-electron chi connectivity index (χ1n) is 7.20. The molecule has 0 aromatic heterocycles. The van der Waals surface area contributed by atoms with Crippen molar-refractivity contribution in [2.45, 2.75) is 20.4 Å². The van der Waals surface area contributed by atoms with Gasteiger partial charge in [0.1, 0.15) is 5.75 Å². The molecular weight excluding hydrogens is 264 g/mol. The normalized spacial score (nSPS) is 10.5. The van der Waals surface area contributed by atoms with Crippen LogP contribution in [0.1, 0.15) is 19.4 Å². The van der Waals surface area contributed by atoms with E-state index in [1.165, 1.54) is 0 Å². The third-order valence-electron chi connectivity index (χ3n) is 3.23. The van der Waals surface area contributed by atoms with Gasteiger partial charge in [0.2, 0.25) is 5.91 Å². The number of ether oxygens (including phenoxy) is 1. The molecule has 1 aromatic rings. The molecule has 116 valence electrons. The van der Waals surface area contributed by atoms with Gasteiger partial charge >= 0.3 is 0 Å². The average molecular weight is 290 g/mol. The first-order chi connectivity index (χ1) is 9.97. The number of hydrogen-bond donors (Lipinski definition) is 0. The number of likely N-dealkylation sites (N-methyl/N-ethyl adjacent to an activating group) is 2. The summed E-state index contributed by atoms with van der Waals surface area (Å²) in [7, 11) is 3.61. The minimum absolute atomic E-state index is 0.123. The van der Waals surface area contributed by atoms with Crippen molar-refractivity contribution in [2.24, 2.45) is 0 Å². The van der Waals surface area contributed by atoms with E-state index in [0.717, 1.165) is 16.9 Å². The quantitative estimate of drug-likeness (QED) is 0.690. The fourth-order valence-electron chi connectivity index (χ4n) is 2.21. The van der Waals surface area contributed by atoms with Crippen molar-refractivity contribution in [1.82, 2.24) is 9.80 Å². The van der Waals surface area contributed by atoms with Gasteiger partial charge in [-0.2, -0.15) is 0 Å². The number of methoxy groups -OCH3 is 1. The predicted octanol–water partition coefficient (Wildman–Crippen LogP) is 2.55. The summed E-state index contributed by atoms with van der Waals surface area (Å²) in [5.41, 5.74) is 2.08. The number of nitrogens with zero attached hydrogens (tertiary/aromatic N) is 2. The van der Waals surface area contributed by atoms with Crippen LogP contribution in [0.5, 0.6) is 5.75 Å². The number of para-hydroxylation sites is 1. The molecule has 1 aromatic carbocycles. The van der Waals surface area contributed by atoms with Gasteiger partial charge in [-0.1, -0.05) is 30.4 Å². The molecule has 21 heavy (non-hydrogen) atoms. The second kappa shape index (κ2) is 8.47. The van der Waals surface area contributed by atoms with Crippen LogP contribution in [-0.4, -0.2) is 49.5 Å². The third-order valence-corrected chi connectivity index (χ3v) is 3.23. The smallest absolute Gasteiger partial charge is 0.237 e. The predicted molar refractivity (Wildman–Crippen MR) is 86.4 cm³/mol. The van der Waals surface area contributed by atoms with Gasteiger partial charge < -0.3 is 9.64 Å². The Morgan fingerprint density at radius 3 is 2.52 bits per heavy atom. The standard InChI is InChI=1S/C17H26N2O2/c1-6-19(11-14(2)3)17(20)13-18(4)12-15-9-7-8-10-16(15)21-5/h7-10H,2,6,11-13H2,1,3-5H3. The summed E-state index contributed by atoms with van der Waals surface area (Å²) >= 11 is 0. The lowest BCUT2D eigenvalue weighted by Gasteiger charge is -2.24. The van der Waals surface area contributed by atoms with Gasteiger partial charge in [-0.15, -0.1) is 0 Å². The van der Waals surface area contributed by atoms with Crippen molar-refractivity contribution in [3.8, 4) is 5.75 Å².